The number of nitrogens with zero attached hydrogens (tertiary/aromatic N) is 1. The van der Waals surface area contributed by atoms with Crippen molar-refractivity contribution in [2.75, 3.05) is 6.61 Å². The lowest BCUT2D eigenvalue weighted by molar-refractivity contribution is 0.171. The van der Waals surface area contributed by atoms with Crippen molar-refractivity contribution in [2.45, 2.75) is 45.3 Å². The van der Waals surface area contributed by atoms with Gasteiger partial charge < -0.3 is 9.53 Å². The van der Waals surface area contributed by atoms with Gasteiger partial charge in [0.2, 0.25) is 0 Å². The van der Waals surface area contributed by atoms with Gasteiger partial charge in [0.1, 0.15) is 0 Å². The molecule has 3 aromatic rings. The van der Waals surface area contributed by atoms with Crippen LogP contribution < -0.4 is 10.4 Å². The highest BCUT2D eigenvalue weighted by molar-refractivity contribution is 6.99. The molecule has 162 valence electrons. The van der Waals surface area contributed by atoms with Crippen LogP contribution in [0.1, 0.15) is 39.7 Å². The van der Waals surface area contributed by atoms with Crippen molar-refractivity contribution in [2.24, 2.45) is 0 Å². The minimum atomic E-state index is -2.70. The van der Waals surface area contributed by atoms with Gasteiger partial charge in [-0.15, -0.1) is 0 Å². The topological polar surface area (TPSA) is 42.4 Å². The Balaban J connectivity index is 2.15. The first-order valence-electron chi connectivity index (χ1n) is 10.9. The van der Waals surface area contributed by atoms with Gasteiger partial charge in [-0.3, -0.25) is 4.98 Å². The fraction of sp³-hybridized carbons (Fsp3) is 0.296. The van der Waals surface area contributed by atoms with Crippen LogP contribution in [-0.2, 0) is 4.43 Å². The molecule has 3 rings (SSSR count). The van der Waals surface area contributed by atoms with E-state index in [9.17, 15) is 5.11 Å². The fourth-order valence-corrected chi connectivity index (χ4v) is 8.96. The molecule has 0 spiro atoms. The highest BCUT2D eigenvalue weighted by Crippen LogP contribution is 2.38. The number of benzene rings is 2. The largest absolute Gasteiger partial charge is 0.401 e. The second-order valence-corrected chi connectivity index (χ2v) is 13.2. The van der Waals surface area contributed by atoms with Crippen molar-refractivity contribution in [3.05, 3.63) is 96.3 Å². The zero-order valence-electron chi connectivity index (χ0n) is 19.0. The maximum absolute atomic E-state index is 9.89. The van der Waals surface area contributed by atoms with Crippen molar-refractivity contribution >= 4 is 24.8 Å². The standard InChI is InChI=1S/C27H33NO2Si/c1-22(20-23-12-11-18-28-21-23)26(17-19-29)30-31(27(2,3)4,24-13-7-5-8-14-24)25-15-9-6-10-16-25/h5-16,18,20-21,26,29H,17,19H2,1-4H3/t26-/m0/s1. The number of rotatable bonds is 8. The molecule has 2 aromatic carbocycles. The third kappa shape index (κ3) is 5.21. The molecule has 0 saturated carbocycles. The Bertz CT molecular complexity index is 927. The van der Waals surface area contributed by atoms with Crippen LogP contribution in [0.15, 0.2) is 90.8 Å². The summed E-state index contributed by atoms with van der Waals surface area (Å²) in [6.45, 7) is 8.98. The molecule has 3 nitrogen and oxygen atoms in total. The third-order valence-corrected chi connectivity index (χ3v) is 10.8. The van der Waals surface area contributed by atoms with Crippen molar-refractivity contribution < 1.29 is 9.53 Å². The minimum absolute atomic E-state index is 0.0705. The van der Waals surface area contributed by atoms with E-state index >= 15 is 0 Å². The first-order chi connectivity index (χ1) is 14.9. The second-order valence-electron chi connectivity index (χ2n) is 8.96. The molecule has 0 aliphatic heterocycles. The molecule has 0 radical (unpaired) electrons. The molecule has 0 bridgehead atoms. The lowest BCUT2D eigenvalue weighted by Gasteiger charge is -2.45. The van der Waals surface area contributed by atoms with E-state index in [0.717, 1.165) is 11.1 Å². The summed E-state index contributed by atoms with van der Waals surface area (Å²) in [5.41, 5.74) is 2.13. The maximum Gasteiger partial charge on any atom is 0.261 e. The van der Waals surface area contributed by atoms with Gasteiger partial charge in [0, 0.05) is 19.0 Å². The van der Waals surface area contributed by atoms with Crippen molar-refractivity contribution in [1.29, 1.82) is 0 Å². The molecule has 1 N–H and O–H groups in total. The van der Waals surface area contributed by atoms with Gasteiger partial charge in [0.15, 0.2) is 0 Å². The Morgan fingerprint density at radius 2 is 1.55 bits per heavy atom. The Labute approximate surface area is 187 Å². The van der Waals surface area contributed by atoms with Crippen molar-refractivity contribution in [1.82, 2.24) is 4.98 Å². The van der Waals surface area contributed by atoms with E-state index in [4.69, 9.17) is 4.43 Å². The maximum atomic E-state index is 9.89. The fourth-order valence-electron chi connectivity index (χ4n) is 4.22. The van der Waals surface area contributed by atoms with Crippen LogP contribution in [0.25, 0.3) is 6.08 Å². The predicted octanol–water partition coefficient (Wildman–Crippen LogP) is 4.81. The molecule has 4 heteroatoms. The second kappa shape index (κ2) is 10.2. The summed E-state index contributed by atoms with van der Waals surface area (Å²) in [5, 5.41) is 12.3. The molecule has 0 fully saturated rings. The van der Waals surface area contributed by atoms with Crippen LogP contribution in [-0.4, -0.2) is 31.1 Å². The van der Waals surface area contributed by atoms with E-state index in [2.05, 4.69) is 99.4 Å². The Morgan fingerprint density at radius 3 is 2.00 bits per heavy atom. The molecule has 1 heterocycles. The molecule has 0 aliphatic carbocycles. The number of pyridine rings is 1. The van der Waals surface area contributed by atoms with Crippen LogP contribution in [0.2, 0.25) is 5.04 Å². The first-order valence-corrected chi connectivity index (χ1v) is 12.8. The molecule has 0 aliphatic rings. The van der Waals surface area contributed by atoms with Gasteiger partial charge >= 0.3 is 0 Å². The SMILES string of the molecule is CC(=Cc1cccnc1)[C@H](CCO)O[Si](c1ccccc1)(c1ccccc1)C(C)(C)C. The lowest BCUT2D eigenvalue weighted by Crippen LogP contribution is -2.67. The lowest BCUT2D eigenvalue weighted by atomic mass is 10.1. The Kier molecular flexibility index (Phi) is 7.60. The average molecular weight is 432 g/mol. The quantitative estimate of drug-likeness (QED) is 0.520. The van der Waals surface area contributed by atoms with Gasteiger partial charge in [-0.25, -0.2) is 0 Å². The molecule has 31 heavy (non-hydrogen) atoms. The van der Waals surface area contributed by atoms with E-state index in [1.807, 2.05) is 18.3 Å². The number of aromatic nitrogens is 1. The molecular formula is C27H33NO2Si. The van der Waals surface area contributed by atoms with Crippen LogP contribution in [0.3, 0.4) is 0 Å². The van der Waals surface area contributed by atoms with Crippen LogP contribution in [0.4, 0.5) is 0 Å². The zero-order chi connectivity index (χ0) is 22.3. The molecule has 0 amide bonds. The number of hydrogen-bond acceptors (Lipinski definition) is 3. The van der Waals surface area contributed by atoms with E-state index in [0.29, 0.717) is 6.42 Å². The van der Waals surface area contributed by atoms with E-state index < -0.39 is 8.32 Å². The van der Waals surface area contributed by atoms with Crippen LogP contribution >= 0.6 is 0 Å². The van der Waals surface area contributed by atoms with Crippen molar-refractivity contribution in [3.8, 4) is 0 Å². The summed E-state index contributed by atoms with van der Waals surface area (Å²) in [5.74, 6) is 0. The smallest absolute Gasteiger partial charge is 0.261 e. The molecule has 0 unspecified atom stereocenters. The number of aliphatic hydroxyl groups excluding tert-OH is 1. The van der Waals surface area contributed by atoms with E-state index in [-0.39, 0.29) is 17.7 Å². The van der Waals surface area contributed by atoms with Crippen LogP contribution in [0.5, 0.6) is 0 Å². The van der Waals surface area contributed by atoms with Gasteiger partial charge in [0.05, 0.1) is 6.10 Å². The minimum Gasteiger partial charge on any atom is -0.401 e. The van der Waals surface area contributed by atoms with Gasteiger partial charge in [-0.1, -0.05) is 93.6 Å². The van der Waals surface area contributed by atoms with Crippen molar-refractivity contribution in [3.63, 3.8) is 0 Å². The number of hydrogen-bond donors (Lipinski definition) is 1. The summed E-state index contributed by atoms with van der Waals surface area (Å²) in [4.78, 5) is 4.23. The molecule has 1 aromatic heterocycles. The van der Waals surface area contributed by atoms with E-state index in [1.54, 1.807) is 6.20 Å². The summed E-state index contributed by atoms with van der Waals surface area (Å²) in [6, 6.07) is 25.2. The summed E-state index contributed by atoms with van der Waals surface area (Å²) < 4.78 is 7.24. The highest BCUT2D eigenvalue weighted by Gasteiger charge is 2.51. The Hall–Kier alpha value is -2.53. The average Bonchev–Trinajstić information content (AvgIpc) is 2.77. The summed E-state index contributed by atoms with van der Waals surface area (Å²) in [6.07, 6.45) is 6.09. The van der Waals surface area contributed by atoms with Gasteiger partial charge in [-0.05, 0) is 46.0 Å². The van der Waals surface area contributed by atoms with Gasteiger partial charge in [0.25, 0.3) is 8.32 Å². The van der Waals surface area contributed by atoms with E-state index in [1.165, 1.54) is 10.4 Å². The highest BCUT2D eigenvalue weighted by atomic mass is 28.4. The summed E-state index contributed by atoms with van der Waals surface area (Å²) >= 11 is 0. The zero-order valence-corrected chi connectivity index (χ0v) is 20.0. The summed E-state index contributed by atoms with van der Waals surface area (Å²) in [7, 11) is -2.70. The monoisotopic (exact) mass is 431 g/mol. The molecule has 0 saturated heterocycles. The Morgan fingerprint density at radius 1 is 0.968 bits per heavy atom. The first kappa shape index (κ1) is 23.1. The molecular weight excluding hydrogens is 398 g/mol. The predicted molar refractivity (Wildman–Crippen MR) is 132 cm³/mol. The normalized spacial score (nSPS) is 13.8. The van der Waals surface area contributed by atoms with Crippen LogP contribution in [0, 0.1) is 0 Å². The molecule has 1 atom stereocenters. The third-order valence-electron chi connectivity index (χ3n) is 5.71. The van der Waals surface area contributed by atoms with Gasteiger partial charge in [-0.2, -0.15) is 0 Å². The number of aliphatic hydroxyl groups is 1.